The van der Waals surface area contributed by atoms with Crippen LogP contribution in [0.5, 0.6) is 0 Å². The molecule has 0 spiro atoms. The Morgan fingerprint density at radius 1 is 1.32 bits per heavy atom. The second-order valence-electron chi connectivity index (χ2n) is 3.42. The molecule has 0 bridgehead atoms. The van der Waals surface area contributed by atoms with Crippen molar-refractivity contribution >= 4 is 22.0 Å². The summed E-state index contributed by atoms with van der Waals surface area (Å²) in [6, 6.07) is 0. The molecule has 0 heterocycles. The molecule has 0 aliphatic carbocycles. The zero-order chi connectivity index (χ0) is 15.3. The van der Waals surface area contributed by atoms with Crippen LogP contribution in [0.4, 0.5) is 13.2 Å². The summed E-state index contributed by atoms with van der Waals surface area (Å²) < 4.78 is 63.5. The van der Waals surface area contributed by atoms with Crippen LogP contribution in [0, 0.1) is 0 Å². The Morgan fingerprint density at radius 3 is 2.21 bits per heavy atom. The number of esters is 1. The molecular weight excluding hydrogens is 295 g/mol. The first kappa shape index (κ1) is 17.6. The minimum absolute atomic E-state index is 0.0992. The van der Waals surface area contributed by atoms with E-state index in [0.29, 0.717) is 0 Å². The topological polar surface area (TPSA) is 101 Å². The largest absolute Gasteiger partial charge is 0.480 e. The second kappa shape index (κ2) is 6.70. The molecule has 11 heteroatoms. The quantitative estimate of drug-likeness (QED) is 0.655. The summed E-state index contributed by atoms with van der Waals surface area (Å²) in [4.78, 5) is 21.1. The molecular formula is C8H12F3NO6S. The number of carbonyl (C=O) groups excluding carboxylic acids is 1. The lowest BCUT2D eigenvalue weighted by atomic mass is 10.4. The minimum Gasteiger partial charge on any atom is -0.480 e. The monoisotopic (exact) mass is 307 g/mol. The SMILES string of the molecule is COC(=O)CCN(CC(F)(F)F)S(=O)(=O)CC(=O)O. The van der Waals surface area contributed by atoms with Crippen LogP contribution in [0.1, 0.15) is 6.42 Å². The predicted octanol–water partition coefficient (Wildman–Crippen LogP) is -0.172. The molecule has 0 fully saturated rings. The van der Waals surface area contributed by atoms with Gasteiger partial charge in [-0.1, -0.05) is 0 Å². The number of alkyl halides is 3. The number of aliphatic carboxylic acids is 1. The number of halogens is 3. The molecule has 0 rings (SSSR count). The van der Waals surface area contributed by atoms with Crippen LogP contribution in [0.2, 0.25) is 0 Å². The number of nitrogens with zero attached hydrogens (tertiary/aromatic N) is 1. The molecule has 0 saturated carbocycles. The number of sulfonamides is 1. The molecule has 7 nitrogen and oxygen atoms in total. The van der Waals surface area contributed by atoms with E-state index in [1.165, 1.54) is 0 Å². The van der Waals surface area contributed by atoms with Crippen molar-refractivity contribution in [2.24, 2.45) is 0 Å². The lowest BCUT2D eigenvalue weighted by molar-refractivity contribution is -0.144. The molecule has 0 aromatic rings. The Bertz CT molecular complexity index is 432. The van der Waals surface area contributed by atoms with Crippen LogP contribution in [-0.4, -0.2) is 61.9 Å². The van der Waals surface area contributed by atoms with Gasteiger partial charge in [-0.05, 0) is 0 Å². The normalized spacial score (nSPS) is 12.5. The van der Waals surface area contributed by atoms with E-state index in [9.17, 15) is 31.2 Å². The van der Waals surface area contributed by atoms with Gasteiger partial charge in [-0.25, -0.2) is 8.42 Å². The fourth-order valence-electron chi connectivity index (χ4n) is 1.08. The average Bonchev–Trinajstić information content (AvgIpc) is 2.20. The smallest absolute Gasteiger partial charge is 0.402 e. The van der Waals surface area contributed by atoms with Crippen LogP contribution in [0.25, 0.3) is 0 Å². The maximum Gasteiger partial charge on any atom is 0.402 e. The molecule has 112 valence electrons. The first-order valence-electron chi connectivity index (χ1n) is 4.81. The first-order chi connectivity index (χ1) is 8.48. The third-order valence-electron chi connectivity index (χ3n) is 1.85. The van der Waals surface area contributed by atoms with Crippen LogP contribution in [0.15, 0.2) is 0 Å². The van der Waals surface area contributed by atoms with Gasteiger partial charge in [-0.15, -0.1) is 0 Å². The Morgan fingerprint density at radius 2 is 1.84 bits per heavy atom. The molecule has 0 aliphatic rings. The third kappa shape index (κ3) is 7.62. The van der Waals surface area contributed by atoms with Gasteiger partial charge in [-0.2, -0.15) is 17.5 Å². The van der Waals surface area contributed by atoms with Crippen LogP contribution >= 0.6 is 0 Å². The van der Waals surface area contributed by atoms with E-state index >= 15 is 0 Å². The van der Waals surface area contributed by atoms with Gasteiger partial charge in [0.2, 0.25) is 10.0 Å². The summed E-state index contributed by atoms with van der Waals surface area (Å²) in [5.74, 6) is -4.17. The number of methoxy groups -OCH3 is 1. The van der Waals surface area contributed by atoms with Gasteiger partial charge in [0.1, 0.15) is 6.54 Å². The zero-order valence-corrected chi connectivity index (χ0v) is 10.6. The van der Waals surface area contributed by atoms with Gasteiger partial charge in [-0.3, -0.25) is 9.59 Å². The highest BCUT2D eigenvalue weighted by atomic mass is 32.2. The van der Waals surface area contributed by atoms with Gasteiger partial charge in [0, 0.05) is 6.54 Å². The third-order valence-corrected chi connectivity index (χ3v) is 3.56. The number of rotatable bonds is 7. The first-order valence-corrected chi connectivity index (χ1v) is 6.42. The lowest BCUT2D eigenvalue weighted by Crippen LogP contribution is -2.42. The molecule has 0 unspecified atom stereocenters. The highest BCUT2D eigenvalue weighted by molar-refractivity contribution is 7.89. The Balaban J connectivity index is 4.95. The average molecular weight is 307 g/mol. The summed E-state index contributed by atoms with van der Waals surface area (Å²) in [5.41, 5.74) is 0. The van der Waals surface area contributed by atoms with Crippen molar-refractivity contribution in [2.75, 3.05) is 26.0 Å². The number of carbonyl (C=O) groups is 2. The second-order valence-corrected chi connectivity index (χ2v) is 5.39. The van der Waals surface area contributed by atoms with Crippen molar-refractivity contribution in [3.8, 4) is 0 Å². The zero-order valence-electron chi connectivity index (χ0n) is 9.81. The van der Waals surface area contributed by atoms with Gasteiger partial charge in [0.15, 0.2) is 5.75 Å². The highest BCUT2D eigenvalue weighted by Gasteiger charge is 2.37. The number of carboxylic acids is 1. The molecule has 0 saturated heterocycles. The Kier molecular flexibility index (Phi) is 6.22. The standard InChI is InChI=1S/C8H12F3NO6S/c1-18-7(15)2-3-12(5-8(9,10)11)19(16,17)4-6(13)14/h2-5H2,1H3,(H,13,14). The molecule has 0 aromatic heterocycles. The van der Waals surface area contributed by atoms with Gasteiger partial charge < -0.3 is 9.84 Å². The molecule has 1 N–H and O–H groups in total. The summed E-state index contributed by atoms with van der Waals surface area (Å²) in [7, 11) is -3.66. The van der Waals surface area contributed by atoms with E-state index in [-0.39, 0.29) is 4.31 Å². The number of carboxylic acid groups (broad SMARTS) is 1. The van der Waals surface area contributed by atoms with E-state index in [0.717, 1.165) is 7.11 Å². The predicted molar refractivity (Wildman–Crippen MR) is 55.7 cm³/mol. The van der Waals surface area contributed by atoms with E-state index in [4.69, 9.17) is 5.11 Å². The molecule has 19 heavy (non-hydrogen) atoms. The van der Waals surface area contributed by atoms with Crippen molar-refractivity contribution in [1.82, 2.24) is 4.31 Å². The number of ether oxygens (including phenoxy) is 1. The maximum atomic E-state index is 12.2. The van der Waals surface area contributed by atoms with Crippen molar-refractivity contribution in [3.63, 3.8) is 0 Å². The molecule has 0 amide bonds. The van der Waals surface area contributed by atoms with Gasteiger partial charge >= 0.3 is 18.1 Å². The van der Waals surface area contributed by atoms with E-state index < -0.39 is 53.4 Å². The van der Waals surface area contributed by atoms with Gasteiger partial charge in [0.25, 0.3) is 0 Å². The maximum absolute atomic E-state index is 12.2. The number of hydrogen-bond acceptors (Lipinski definition) is 5. The van der Waals surface area contributed by atoms with Crippen LogP contribution in [-0.2, 0) is 24.3 Å². The fourth-order valence-corrected chi connectivity index (χ4v) is 2.29. The van der Waals surface area contributed by atoms with E-state index in [1.54, 1.807) is 0 Å². The minimum atomic E-state index is -4.85. The Labute approximate surface area is 107 Å². The summed E-state index contributed by atoms with van der Waals surface area (Å²) in [6.45, 7) is -2.67. The molecule has 0 radical (unpaired) electrons. The summed E-state index contributed by atoms with van der Waals surface area (Å²) in [6.07, 6.45) is -5.45. The summed E-state index contributed by atoms with van der Waals surface area (Å²) in [5, 5.41) is 8.34. The summed E-state index contributed by atoms with van der Waals surface area (Å²) >= 11 is 0. The Hall–Kier alpha value is -1.36. The lowest BCUT2D eigenvalue weighted by Gasteiger charge is -2.22. The highest BCUT2D eigenvalue weighted by Crippen LogP contribution is 2.19. The van der Waals surface area contributed by atoms with Crippen molar-refractivity contribution in [3.05, 3.63) is 0 Å². The van der Waals surface area contributed by atoms with Gasteiger partial charge in [0.05, 0.1) is 13.5 Å². The van der Waals surface area contributed by atoms with Crippen molar-refractivity contribution < 1.29 is 41.0 Å². The molecule has 0 aliphatic heterocycles. The van der Waals surface area contributed by atoms with Crippen molar-refractivity contribution in [2.45, 2.75) is 12.6 Å². The van der Waals surface area contributed by atoms with Crippen LogP contribution in [0.3, 0.4) is 0 Å². The van der Waals surface area contributed by atoms with Crippen molar-refractivity contribution in [1.29, 1.82) is 0 Å². The molecule has 0 aromatic carbocycles. The van der Waals surface area contributed by atoms with Crippen LogP contribution < -0.4 is 0 Å². The van der Waals surface area contributed by atoms with E-state index in [1.807, 2.05) is 0 Å². The number of hydrogen-bond donors (Lipinski definition) is 1. The van der Waals surface area contributed by atoms with E-state index in [2.05, 4.69) is 4.74 Å². The fraction of sp³-hybridized carbons (Fsp3) is 0.750. The molecule has 0 atom stereocenters.